The van der Waals surface area contributed by atoms with E-state index in [-0.39, 0.29) is 23.7 Å². The number of amides is 2. The Kier molecular flexibility index (Phi) is 15.3. The molecule has 7 nitrogen and oxygen atoms in total. The molecule has 4 atom stereocenters. The fraction of sp³-hybridized carbons (Fsp3) is 0.850. The zero-order valence-corrected chi connectivity index (χ0v) is 20.3. The van der Waals surface area contributed by atoms with Crippen molar-refractivity contribution in [2.45, 2.75) is 65.1 Å². The molecule has 0 heterocycles. The van der Waals surface area contributed by atoms with E-state index in [9.17, 15) is 14.4 Å². The monoisotopic (exact) mass is 449 g/mol. The van der Waals surface area contributed by atoms with Crippen LogP contribution in [-0.2, 0) is 19.1 Å². The number of hydrogen-bond donors (Lipinski definition) is 4. The van der Waals surface area contributed by atoms with Crippen molar-refractivity contribution in [2.24, 2.45) is 11.8 Å². The van der Waals surface area contributed by atoms with Crippen LogP contribution in [0.5, 0.6) is 0 Å². The number of rotatable bonds is 15. The van der Waals surface area contributed by atoms with Crippen LogP contribution in [-0.4, -0.2) is 67.3 Å². The highest BCUT2D eigenvalue weighted by Gasteiger charge is 2.32. The lowest BCUT2D eigenvalue weighted by Gasteiger charge is -2.29. The normalized spacial score (nSPS) is 15.3. The minimum atomic E-state index is -0.724. The number of methoxy groups -OCH3 is 1. The van der Waals surface area contributed by atoms with Gasteiger partial charge in [-0.25, -0.2) is 4.79 Å². The largest absolute Gasteiger partial charge is 0.467 e. The first-order chi connectivity index (χ1) is 13.7. The summed E-state index contributed by atoms with van der Waals surface area (Å²) >= 11 is 5.78. The molecule has 0 bridgehead atoms. The van der Waals surface area contributed by atoms with Crippen molar-refractivity contribution in [3.63, 3.8) is 0 Å². The van der Waals surface area contributed by atoms with Gasteiger partial charge in [0, 0.05) is 0 Å². The average molecular weight is 450 g/mol. The molecule has 29 heavy (non-hydrogen) atoms. The van der Waals surface area contributed by atoms with Crippen LogP contribution in [0, 0.1) is 11.8 Å². The number of hydrogen-bond acceptors (Lipinski definition) is 7. The molecule has 0 fully saturated rings. The molecule has 0 saturated carbocycles. The van der Waals surface area contributed by atoms with Gasteiger partial charge in [-0.05, 0) is 49.0 Å². The van der Waals surface area contributed by atoms with Crippen LogP contribution in [0.3, 0.4) is 0 Å². The summed E-state index contributed by atoms with van der Waals surface area (Å²) < 4.78 is 4.82. The molecule has 0 aromatic heterocycles. The van der Waals surface area contributed by atoms with Gasteiger partial charge in [-0.1, -0.05) is 34.1 Å². The number of esters is 1. The highest BCUT2D eigenvalue weighted by molar-refractivity contribution is 7.98. The zero-order chi connectivity index (χ0) is 22.4. The molecular weight excluding hydrogens is 410 g/mol. The van der Waals surface area contributed by atoms with Crippen LogP contribution in [0.4, 0.5) is 0 Å². The maximum absolute atomic E-state index is 13.0. The van der Waals surface area contributed by atoms with Gasteiger partial charge in [0.15, 0.2) is 0 Å². The minimum absolute atomic E-state index is 0.0694. The van der Waals surface area contributed by atoms with Gasteiger partial charge in [0.05, 0.1) is 13.2 Å². The summed E-state index contributed by atoms with van der Waals surface area (Å²) in [7, 11) is 1.30. The summed E-state index contributed by atoms with van der Waals surface area (Å²) in [6, 6.07) is -1.85. The fourth-order valence-electron chi connectivity index (χ4n) is 2.80. The highest BCUT2D eigenvalue weighted by atomic mass is 32.2. The van der Waals surface area contributed by atoms with Crippen LogP contribution < -0.4 is 16.0 Å². The third-order valence-electron chi connectivity index (χ3n) is 4.85. The van der Waals surface area contributed by atoms with Gasteiger partial charge in [-0.15, -0.1) is 0 Å². The topological polar surface area (TPSA) is 96.5 Å². The molecular formula is C20H39N3O4S2. The van der Waals surface area contributed by atoms with E-state index < -0.39 is 24.1 Å². The Morgan fingerprint density at radius 1 is 1.07 bits per heavy atom. The summed E-state index contributed by atoms with van der Waals surface area (Å²) in [5, 5.41) is 8.92. The summed E-state index contributed by atoms with van der Waals surface area (Å²) in [5.74, 6) is 0.395. The van der Waals surface area contributed by atoms with E-state index >= 15 is 0 Å². The molecule has 0 aromatic carbocycles. The second-order valence-electron chi connectivity index (χ2n) is 7.49. The third-order valence-corrected chi connectivity index (χ3v) is 5.81. The van der Waals surface area contributed by atoms with Gasteiger partial charge in [0.25, 0.3) is 0 Å². The lowest BCUT2D eigenvalue weighted by molar-refractivity contribution is -0.145. The van der Waals surface area contributed by atoms with Crippen molar-refractivity contribution >= 4 is 42.2 Å². The SMILES string of the molecule is CCC(C)C(NC(=O)C(NCCCS)C(C)C)C(=O)NC(CCSC)C(=O)OC. The van der Waals surface area contributed by atoms with Crippen molar-refractivity contribution in [3.05, 3.63) is 0 Å². The Morgan fingerprint density at radius 3 is 2.17 bits per heavy atom. The lowest BCUT2D eigenvalue weighted by atomic mass is 9.96. The Hall–Kier alpha value is -0.930. The second kappa shape index (κ2) is 15.8. The summed E-state index contributed by atoms with van der Waals surface area (Å²) in [6.45, 7) is 8.49. The molecule has 0 aromatic rings. The fourth-order valence-corrected chi connectivity index (χ4v) is 3.43. The smallest absolute Gasteiger partial charge is 0.328 e. The maximum Gasteiger partial charge on any atom is 0.328 e. The van der Waals surface area contributed by atoms with E-state index in [1.807, 2.05) is 34.0 Å². The maximum atomic E-state index is 13.0. The Bertz CT molecular complexity index is 506. The van der Waals surface area contributed by atoms with Gasteiger partial charge in [0.1, 0.15) is 12.1 Å². The van der Waals surface area contributed by atoms with E-state index in [4.69, 9.17) is 4.74 Å². The molecule has 0 rings (SSSR count). The first-order valence-electron chi connectivity index (χ1n) is 10.2. The highest BCUT2D eigenvalue weighted by Crippen LogP contribution is 2.12. The Labute approximate surface area is 185 Å². The molecule has 9 heteroatoms. The van der Waals surface area contributed by atoms with Crippen LogP contribution >= 0.6 is 24.4 Å². The van der Waals surface area contributed by atoms with Crippen molar-refractivity contribution < 1.29 is 19.1 Å². The Morgan fingerprint density at radius 2 is 1.69 bits per heavy atom. The number of thioether (sulfide) groups is 1. The first-order valence-corrected chi connectivity index (χ1v) is 12.3. The summed E-state index contributed by atoms with van der Waals surface area (Å²) in [6.07, 6.45) is 3.97. The molecule has 2 amide bonds. The van der Waals surface area contributed by atoms with Crippen molar-refractivity contribution in [2.75, 3.05) is 31.4 Å². The van der Waals surface area contributed by atoms with Crippen molar-refractivity contribution in [3.8, 4) is 0 Å². The van der Waals surface area contributed by atoms with Crippen LogP contribution in [0.2, 0.25) is 0 Å². The zero-order valence-electron chi connectivity index (χ0n) is 18.6. The summed E-state index contributed by atoms with van der Waals surface area (Å²) in [4.78, 5) is 37.9. The van der Waals surface area contributed by atoms with Crippen LogP contribution in [0.15, 0.2) is 0 Å². The minimum Gasteiger partial charge on any atom is -0.467 e. The van der Waals surface area contributed by atoms with Crippen LogP contribution in [0.1, 0.15) is 47.0 Å². The number of thiol groups is 1. The van der Waals surface area contributed by atoms with Crippen molar-refractivity contribution in [1.29, 1.82) is 0 Å². The quantitative estimate of drug-likeness (QED) is 0.173. The predicted molar refractivity (Wildman–Crippen MR) is 123 cm³/mol. The van der Waals surface area contributed by atoms with Gasteiger partial charge < -0.3 is 20.7 Å². The molecule has 4 unspecified atom stereocenters. The van der Waals surface area contributed by atoms with Gasteiger partial charge in [-0.2, -0.15) is 24.4 Å². The number of nitrogens with one attached hydrogen (secondary N) is 3. The number of carbonyl (C=O) groups excluding carboxylic acids is 3. The molecule has 170 valence electrons. The lowest BCUT2D eigenvalue weighted by Crippen LogP contribution is -2.58. The van der Waals surface area contributed by atoms with Crippen molar-refractivity contribution in [1.82, 2.24) is 16.0 Å². The standard InChI is InChI=1S/C20H39N3O4S2/c1-7-14(4)17(19(25)22-15(9-12-29-6)20(26)27-5)23-18(24)16(13(2)3)21-10-8-11-28/h13-17,21,28H,7-12H2,1-6H3,(H,22,25)(H,23,24). The van der Waals surface area contributed by atoms with Gasteiger partial charge >= 0.3 is 5.97 Å². The number of ether oxygens (including phenoxy) is 1. The van der Waals surface area contributed by atoms with E-state index in [2.05, 4.69) is 28.6 Å². The molecule has 0 aliphatic rings. The second-order valence-corrected chi connectivity index (χ2v) is 8.92. The van der Waals surface area contributed by atoms with Gasteiger partial charge in [-0.3, -0.25) is 9.59 Å². The Balaban J connectivity index is 5.27. The molecule has 0 aliphatic carbocycles. The molecule has 0 saturated heterocycles. The molecule has 0 aliphatic heterocycles. The van der Waals surface area contributed by atoms with E-state index in [0.717, 1.165) is 12.2 Å². The van der Waals surface area contributed by atoms with E-state index in [0.29, 0.717) is 25.1 Å². The van der Waals surface area contributed by atoms with E-state index in [1.165, 1.54) is 7.11 Å². The summed E-state index contributed by atoms with van der Waals surface area (Å²) in [5.41, 5.74) is 0. The first kappa shape index (κ1) is 28.1. The molecule has 0 spiro atoms. The van der Waals surface area contributed by atoms with E-state index in [1.54, 1.807) is 11.8 Å². The van der Waals surface area contributed by atoms with Gasteiger partial charge in [0.2, 0.25) is 11.8 Å². The molecule has 0 radical (unpaired) electrons. The predicted octanol–water partition coefficient (Wildman–Crippen LogP) is 1.86. The molecule has 3 N–H and O–H groups in total. The third kappa shape index (κ3) is 10.6. The van der Waals surface area contributed by atoms with Crippen LogP contribution in [0.25, 0.3) is 0 Å². The average Bonchev–Trinajstić information content (AvgIpc) is 2.70. The number of carbonyl (C=O) groups is 3.